The third kappa shape index (κ3) is 3.58. The van der Waals surface area contributed by atoms with Gasteiger partial charge in [-0.2, -0.15) is 0 Å². The molecule has 0 saturated heterocycles. The highest BCUT2D eigenvalue weighted by atomic mass is 35.5. The second-order valence-electron chi connectivity index (χ2n) is 4.79. The first-order valence-electron chi connectivity index (χ1n) is 6.39. The summed E-state index contributed by atoms with van der Waals surface area (Å²) in [6, 6.07) is 8.90. The van der Waals surface area contributed by atoms with Crippen LogP contribution in [0.1, 0.15) is 31.2 Å². The van der Waals surface area contributed by atoms with Crippen molar-refractivity contribution in [3.8, 4) is 0 Å². The minimum absolute atomic E-state index is 0.729. The Labute approximate surface area is 109 Å². The van der Waals surface area contributed by atoms with Crippen molar-refractivity contribution in [2.45, 2.75) is 38.3 Å². The van der Waals surface area contributed by atoms with Gasteiger partial charge < -0.3 is 0 Å². The first kappa shape index (κ1) is 12.7. The molecule has 1 fully saturated rings. The summed E-state index contributed by atoms with van der Waals surface area (Å²) < 4.78 is 0. The van der Waals surface area contributed by atoms with Crippen molar-refractivity contribution >= 4 is 11.6 Å². The van der Waals surface area contributed by atoms with Gasteiger partial charge in [0.15, 0.2) is 0 Å². The fourth-order valence-electron chi connectivity index (χ4n) is 2.65. The van der Waals surface area contributed by atoms with Gasteiger partial charge in [0, 0.05) is 24.2 Å². The molecule has 0 radical (unpaired) electrons. The summed E-state index contributed by atoms with van der Waals surface area (Å²) in [5.74, 6) is 0. The second-order valence-corrected chi connectivity index (χ2v) is 5.22. The highest BCUT2D eigenvalue weighted by Gasteiger charge is 2.21. The molecular weight excluding hydrogens is 230 g/mol. The van der Waals surface area contributed by atoms with E-state index in [9.17, 15) is 0 Å². The SMILES string of the molecule is C=CCN(Cc1cccc(Cl)c1)C1CCCC1. The van der Waals surface area contributed by atoms with E-state index in [4.69, 9.17) is 11.6 Å². The van der Waals surface area contributed by atoms with Gasteiger partial charge in [-0.1, -0.05) is 42.7 Å². The van der Waals surface area contributed by atoms with E-state index in [1.54, 1.807) is 0 Å². The Balaban J connectivity index is 2.03. The fraction of sp³-hybridized carbons (Fsp3) is 0.467. The van der Waals surface area contributed by atoms with Crippen LogP contribution in [-0.2, 0) is 6.54 Å². The molecule has 1 saturated carbocycles. The quantitative estimate of drug-likeness (QED) is 0.705. The van der Waals surface area contributed by atoms with Crippen molar-refractivity contribution in [3.05, 3.63) is 47.5 Å². The average Bonchev–Trinajstić information content (AvgIpc) is 2.82. The van der Waals surface area contributed by atoms with Gasteiger partial charge in [-0.25, -0.2) is 0 Å². The number of rotatable bonds is 5. The number of hydrogen-bond acceptors (Lipinski definition) is 1. The predicted octanol–water partition coefficient (Wildman–Crippen LogP) is 4.27. The van der Waals surface area contributed by atoms with Crippen LogP contribution in [0.15, 0.2) is 36.9 Å². The van der Waals surface area contributed by atoms with Crippen LogP contribution in [0.2, 0.25) is 5.02 Å². The van der Waals surface area contributed by atoms with Gasteiger partial charge in [-0.05, 0) is 30.5 Å². The maximum atomic E-state index is 6.03. The molecule has 0 spiro atoms. The monoisotopic (exact) mass is 249 g/mol. The van der Waals surface area contributed by atoms with Gasteiger partial charge in [0.2, 0.25) is 0 Å². The minimum atomic E-state index is 0.729. The summed E-state index contributed by atoms with van der Waals surface area (Å²) in [4.78, 5) is 2.52. The fourth-order valence-corrected chi connectivity index (χ4v) is 2.86. The predicted molar refractivity (Wildman–Crippen MR) is 74.3 cm³/mol. The van der Waals surface area contributed by atoms with Crippen LogP contribution in [-0.4, -0.2) is 17.5 Å². The van der Waals surface area contributed by atoms with E-state index >= 15 is 0 Å². The average molecular weight is 250 g/mol. The molecule has 1 nitrogen and oxygen atoms in total. The maximum Gasteiger partial charge on any atom is 0.0409 e. The maximum absolute atomic E-state index is 6.03. The van der Waals surface area contributed by atoms with Crippen LogP contribution < -0.4 is 0 Å². The van der Waals surface area contributed by atoms with Gasteiger partial charge in [-0.3, -0.25) is 4.90 Å². The largest absolute Gasteiger partial charge is 0.292 e. The molecule has 2 rings (SSSR count). The van der Waals surface area contributed by atoms with Crippen LogP contribution in [0.5, 0.6) is 0 Å². The van der Waals surface area contributed by atoms with Crippen LogP contribution in [0.4, 0.5) is 0 Å². The van der Waals surface area contributed by atoms with E-state index in [-0.39, 0.29) is 0 Å². The molecule has 0 amide bonds. The minimum Gasteiger partial charge on any atom is -0.292 e. The van der Waals surface area contributed by atoms with E-state index < -0.39 is 0 Å². The lowest BCUT2D eigenvalue weighted by atomic mass is 10.1. The standard InChI is InChI=1S/C15H20ClN/c1-2-10-17(15-8-3-4-9-15)12-13-6-5-7-14(16)11-13/h2,5-7,11,15H,1,3-4,8-10,12H2. The molecule has 1 aromatic carbocycles. The Bertz CT molecular complexity index is 369. The molecule has 17 heavy (non-hydrogen) atoms. The molecule has 2 heteroatoms. The lowest BCUT2D eigenvalue weighted by molar-refractivity contribution is 0.211. The molecule has 0 bridgehead atoms. The normalized spacial score (nSPS) is 16.6. The zero-order chi connectivity index (χ0) is 12.1. The Hall–Kier alpha value is -0.790. The molecule has 0 aliphatic heterocycles. The van der Waals surface area contributed by atoms with Gasteiger partial charge in [-0.15, -0.1) is 6.58 Å². The molecule has 0 atom stereocenters. The number of hydrogen-bond donors (Lipinski definition) is 0. The molecule has 92 valence electrons. The van der Waals surface area contributed by atoms with E-state index in [1.807, 2.05) is 18.2 Å². The Kier molecular flexibility index (Phi) is 4.64. The van der Waals surface area contributed by atoms with Crippen molar-refractivity contribution in [1.29, 1.82) is 0 Å². The molecule has 0 N–H and O–H groups in total. The van der Waals surface area contributed by atoms with Gasteiger partial charge >= 0.3 is 0 Å². The highest BCUT2D eigenvalue weighted by Crippen LogP contribution is 2.25. The van der Waals surface area contributed by atoms with Crippen LogP contribution in [0, 0.1) is 0 Å². The smallest absolute Gasteiger partial charge is 0.0409 e. The number of benzene rings is 1. The van der Waals surface area contributed by atoms with E-state index in [1.165, 1.54) is 31.2 Å². The molecule has 1 aromatic rings. The molecule has 1 aliphatic carbocycles. The van der Waals surface area contributed by atoms with Crippen LogP contribution in [0.3, 0.4) is 0 Å². The Morgan fingerprint density at radius 1 is 1.35 bits per heavy atom. The molecule has 0 heterocycles. The van der Waals surface area contributed by atoms with E-state index in [0.717, 1.165) is 24.2 Å². The summed E-state index contributed by atoms with van der Waals surface area (Å²) in [6.07, 6.45) is 7.40. The first-order valence-corrected chi connectivity index (χ1v) is 6.77. The van der Waals surface area contributed by atoms with Crippen molar-refractivity contribution in [1.82, 2.24) is 4.90 Å². The second kappa shape index (κ2) is 6.23. The van der Waals surface area contributed by atoms with Crippen LogP contribution in [0.25, 0.3) is 0 Å². The Morgan fingerprint density at radius 3 is 2.76 bits per heavy atom. The first-order chi connectivity index (χ1) is 8.29. The van der Waals surface area contributed by atoms with Crippen molar-refractivity contribution in [2.24, 2.45) is 0 Å². The van der Waals surface area contributed by atoms with Gasteiger partial charge in [0.05, 0.1) is 0 Å². The van der Waals surface area contributed by atoms with Crippen molar-refractivity contribution in [2.75, 3.05) is 6.54 Å². The van der Waals surface area contributed by atoms with Gasteiger partial charge in [0.1, 0.15) is 0 Å². The molecule has 1 aliphatic rings. The van der Waals surface area contributed by atoms with Gasteiger partial charge in [0.25, 0.3) is 0 Å². The van der Waals surface area contributed by atoms with Crippen molar-refractivity contribution < 1.29 is 0 Å². The summed E-state index contributed by atoms with van der Waals surface area (Å²) in [7, 11) is 0. The summed E-state index contributed by atoms with van der Waals surface area (Å²) in [5, 5.41) is 0.826. The third-order valence-electron chi connectivity index (χ3n) is 3.48. The lowest BCUT2D eigenvalue weighted by Crippen LogP contribution is -2.32. The van der Waals surface area contributed by atoms with E-state index in [0.29, 0.717) is 0 Å². The molecule has 0 aromatic heterocycles. The zero-order valence-electron chi connectivity index (χ0n) is 10.2. The molecular formula is C15H20ClN. The number of nitrogens with zero attached hydrogens (tertiary/aromatic N) is 1. The van der Waals surface area contributed by atoms with Crippen molar-refractivity contribution in [3.63, 3.8) is 0 Å². The lowest BCUT2D eigenvalue weighted by Gasteiger charge is -2.27. The summed E-state index contributed by atoms with van der Waals surface area (Å²) >= 11 is 6.03. The van der Waals surface area contributed by atoms with E-state index in [2.05, 4.69) is 23.6 Å². The number of halogens is 1. The summed E-state index contributed by atoms with van der Waals surface area (Å²) in [5.41, 5.74) is 1.30. The van der Waals surface area contributed by atoms with Crippen LogP contribution >= 0.6 is 11.6 Å². The topological polar surface area (TPSA) is 3.24 Å². The molecule has 0 unspecified atom stereocenters. The Morgan fingerprint density at radius 2 is 2.12 bits per heavy atom. The third-order valence-corrected chi connectivity index (χ3v) is 3.71. The highest BCUT2D eigenvalue weighted by molar-refractivity contribution is 6.30. The zero-order valence-corrected chi connectivity index (χ0v) is 11.0. The summed E-state index contributed by atoms with van der Waals surface area (Å²) in [6.45, 7) is 5.82.